The smallest absolute Gasteiger partial charge is 0.253 e. The first-order chi connectivity index (χ1) is 16.6. The van der Waals surface area contributed by atoms with Crippen LogP contribution in [-0.4, -0.2) is 67.6 Å². The molecule has 0 aliphatic carbocycles. The topological polar surface area (TPSA) is 61.9 Å². The lowest BCUT2D eigenvalue weighted by Crippen LogP contribution is -2.37. The minimum atomic E-state index is -0.0331. The number of carbonyl (C=O) groups excluding carboxylic acids is 2. The van der Waals surface area contributed by atoms with Gasteiger partial charge in [-0.3, -0.25) is 9.59 Å². The van der Waals surface area contributed by atoms with E-state index in [9.17, 15) is 9.59 Å². The van der Waals surface area contributed by atoms with Gasteiger partial charge in [-0.15, -0.1) is 0 Å². The fraction of sp³-hybridized carbons (Fsp3) is 0.500. The fourth-order valence-corrected chi connectivity index (χ4v) is 5.75. The molecule has 6 heteroatoms. The van der Waals surface area contributed by atoms with E-state index in [2.05, 4.69) is 22.3 Å². The van der Waals surface area contributed by atoms with Gasteiger partial charge in [0.05, 0.1) is 18.6 Å². The molecule has 180 valence electrons. The Morgan fingerprint density at radius 2 is 1.79 bits per heavy atom. The Morgan fingerprint density at radius 3 is 2.47 bits per heavy atom. The molecule has 1 N–H and O–H groups in total. The Kier molecular flexibility index (Phi) is 6.97. The van der Waals surface area contributed by atoms with E-state index in [1.165, 1.54) is 0 Å². The van der Waals surface area contributed by atoms with Crippen LogP contribution in [0.2, 0.25) is 0 Å². The number of hydrogen-bond donors (Lipinski definition) is 1. The Bertz CT molecular complexity index is 991. The fourth-order valence-electron chi connectivity index (χ4n) is 5.75. The van der Waals surface area contributed by atoms with Gasteiger partial charge < -0.3 is 19.9 Å². The molecule has 0 bridgehead atoms. The number of nitrogens with one attached hydrogen (secondary N) is 1. The summed E-state index contributed by atoms with van der Waals surface area (Å²) >= 11 is 0. The highest BCUT2D eigenvalue weighted by molar-refractivity contribution is 5.94. The van der Waals surface area contributed by atoms with Crippen molar-refractivity contribution >= 4 is 11.8 Å². The standard InChI is InChI=1S/C28H35N3O3/c1-20-6-5-9-22(14-20)28(33)31-17-24-15-30(16-25(24)18-31)12-10-26(21-7-3-2-4-8-21)29-27(32)23-11-13-34-19-23/h2-9,14,23-26H,10-13,15-19H2,1H3,(H,29,32)/t23?,24-,25?,26?/m0/s1. The predicted octanol–water partition coefficient (Wildman–Crippen LogP) is 3.28. The molecule has 3 aliphatic rings. The van der Waals surface area contributed by atoms with E-state index in [0.717, 1.165) is 62.3 Å². The number of benzene rings is 2. The van der Waals surface area contributed by atoms with Gasteiger partial charge in [0.15, 0.2) is 0 Å². The van der Waals surface area contributed by atoms with Crippen molar-refractivity contribution in [3.05, 3.63) is 71.3 Å². The maximum Gasteiger partial charge on any atom is 0.253 e. The number of rotatable bonds is 7. The molecule has 5 rings (SSSR count). The van der Waals surface area contributed by atoms with Crippen molar-refractivity contribution in [1.29, 1.82) is 0 Å². The number of likely N-dealkylation sites (tertiary alicyclic amines) is 2. The average Bonchev–Trinajstić information content (AvgIpc) is 3.59. The monoisotopic (exact) mass is 461 g/mol. The summed E-state index contributed by atoms with van der Waals surface area (Å²) in [5.41, 5.74) is 3.08. The van der Waals surface area contributed by atoms with E-state index in [4.69, 9.17) is 4.74 Å². The normalized spacial score (nSPS) is 25.3. The van der Waals surface area contributed by atoms with Crippen molar-refractivity contribution in [2.75, 3.05) is 45.9 Å². The zero-order valence-electron chi connectivity index (χ0n) is 20.0. The van der Waals surface area contributed by atoms with Crippen molar-refractivity contribution in [3.63, 3.8) is 0 Å². The number of carbonyl (C=O) groups is 2. The summed E-state index contributed by atoms with van der Waals surface area (Å²) in [6.07, 6.45) is 1.69. The lowest BCUT2D eigenvalue weighted by molar-refractivity contribution is -0.125. The molecule has 4 atom stereocenters. The maximum atomic E-state index is 13.0. The van der Waals surface area contributed by atoms with Gasteiger partial charge in [0.2, 0.25) is 5.91 Å². The number of ether oxygens (including phenoxy) is 1. The predicted molar refractivity (Wildman–Crippen MR) is 131 cm³/mol. The van der Waals surface area contributed by atoms with Gasteiger partial charge >= 0.3 is 0 Å². The molecular weight excluding hydrogens is 426 g/mol. The van der Waals surface area contributed by atoms with Crippen LogP contribution in [0, 0.1) is 24.7 Å². The van der Waals surface area contributed by atoms with Crippen LogP contribution in [0.1, 0.15) is 40.4 Å². The molecule has 3 saturated heterocycles. The van der Waals surface area contributed by atoms with Gasteiger partial charge in [0, 0.05) is 44.9 Å². The van der Waals surface area contributed by atoms with Gasteiger partial charge in [-0.25, -0.2) is 0 Å². The van der Waals surface area contributed by atoms with Gasteiger partial charge in [-0.2, -0.15) is 0 Å². The average molecular weight is 462 g/mol. The Labute approximate surface area is 202 Å². The zero-order valence-corrected chi connectivity index (χ0v) is 20.0. The Balaban J connectivity index is 1.15. The van der Waals surface area contributed by atoms with Crippen molar-refractivity contribution in [3.8, 4) is 0 Å². The van der Waals surface area contributed by atoms with Crippen LogP contribution in [0.5, 0.6) is 0 Å². The highest BCUT2D eigenvalue weighted by Crippen LogP contribution is 2.32. The Morgan fingerprint density at radius 1 is 1.03 bits per heavy atom. The molecule has 34 heavy (non-hydrogen) atoms. The van der Waals surface area contributed by atoms with Crippen molar-refractivity contribution in [1.82, 2.24) is 15.1 Å². The summed E-state index contributed by atoms with van der Waals surface area (Å²) < 4.78 is 5.41. The minimum Gasteiger partial charge on any atom is -0.381 e. The van der Waals surface area contributed by atoms with Gasteiger partial charge in [0.25, 0.3) is 5.91 Å². The first-order valence-corrected chi connectivity index (χ1v) is 12.6. The molecule has 2 amide bonds. The van der Waals surface area contributed by atoms with Crippen LogP contribution in [0.15, 0.2) is 54.6 Å². The van der Waals surface area contributed by atoms with Crippen molar-refractivity contribution < 1.29 is 14.3 Å². The van der Waals surface area contributed by atoms with Crippen LogP contribution in [0.3, 0.4) is 0 Å². The van der Waals surface area contributed by atoms with E-state index in [1.807, 2.05) is 54.3 Å². The number of hydrogen-bond acceptors (Lipinski definition) is 4. The molecule has 3 fully saturated rings. The summed E-state index contributed by atoms with van der Waals surface area (Å²) in [4.78, 5) is 30.3. The van der Waals surface area contributed by atoms with Gasteiger partial charge in [-0.05, 0) is 49.3 Å². The maximum absolute atomic E-state index is 13.0. The molecule has 2 aromatic carbocycles. The Hall–Kier alpha value is -2.70. The van der Waals surface area contributed by atoms with E-state index in [0.29, 0.717) is 25.0 Å². The largest absolute Gasteiger partial charge is 0.381 e. The highest BCUT2D eigenvalue weighted by atomic mass is 16.5. The third-order valence-corrected chi connectivity index (χ3v) is 7.67. The molecule has 0 aromatic heterocycles. The molecule has 3 heterocycles. The number of fused-ring (bicyclic) bond motifs is 1. The second kappa shape index (κ2) is 10.3. The van der Waals surface area contributed by atoms with Gasteiger partial charge in [0.1, 0.15) is 0 Å². The first-order valence-electron chi connectivity index (χ1n) is 12.6. The summed E-state index contributed by atoms with van der Waals surface area (Å²) in [5, 5.41) is 3.30. The zero-order chi connectivity index (χ0) is 23.5. The molecule has 6 nitrogen and oxygen atoms in total. The van der Waals surface area contributed by atoms with Crippen molar-refractivity contribution in [2.45, 2.75) is 25.8 Å². The van der Waals surface area contributed by atoms with E-state index in [-0.39, 0.29) is 23.8 Å². The number of amides is 2. The molecule has 0 saturated carbocycles. The second-order valence-corrected chi connectivity index (χ2v) is 10.2. The van der Waals surface area contributed by atoms with Crippen LogP contribution in [0.4, 0.5) is 0 Å². The lowest BCUT2D eigenvalue weighted by Gasteiger charge is -2.25. The van der Waals surface area contributed by atoms with Gasteiger partial charge in [-0.1, -0.05) is 48.0 Å². The quantitative estimate of drug-likeness (QED) is 0.688. The third-order valence-electron chi connectivity index (χ3n) is 7.67. The van der Waals surface area contributed by atoms with E-state index in [1.54, 1.807) is 0 Å². The molecule has 0 spiro atoms. The van der Waals surface area contributed by atoms with E-state index >= 15 is 0 Å². The number of nitrogens with zero attached hydrogens (tertiary/aromatic N) is 2. The molecular formula is C28H35N3O3. The summed E-state index contributed by atoms with van der Waals surface area (Å²) in [5.74, 6) is 1.31. The van der Waals surface area contributed by atoms with Crippen LogP contribution in [-0.2, 0) is 9.53 Å². The highest BCUT2D eigenvalue weighted by Gasteiger charge is 2.41. The first kappa shape index (κ1) is 23.1. The third kappa shape index (κ3) is 5.18. The van der Waals surface area contributed by atoms with Crippen molar-refractivity contribution in [2.24, 2.45) is 17.8 Å². The molecule has 3 unspecified atom stereocenters. The summed E-state index contributed by atoms with van der Waals surface area (Å²) in [6.45, 7) is 7.90. The van der Waals surface area contributed by atoms with E-state index < -0.39 is 0 Å². The van der Waals surface area contributed by atoms with Crippen LogP contribution < -0.4 is 5.32 Å². The SMILES string of the molecule is Cc1cccc(C(=O)N2CC3CN(CCC(NC(=O)C4CCOC4)c4ccccc4)C[C@H]3C2)c1. The lowest BCUT2D eigenvalue weighted by atomic mass is 10.0. The molecule has 3 aliphatic heterocycles. The summed E-state index contributed by atoms with van der Waals surface area (Å²) in [7, 11) is 0. The summed E-state index contributed by atoms with van der Waals surface area (Å²) in [6, 6.07) is 18.2. The minimum absolute atomic E-state index is 0.00846. The molecule has 0 radical (unpaired) electrons. The molecule has 2 aromatic rings. The number of aryl methyl sites for hydroxylation is 1. The van der Waals surface area contributed by atoms with Crippen LogP contribution in [0.25, 0.3) is 0 Å². The second-order valence-electron chi connectivity index (χ2n) is 10.2. The van der Waals surface area contributed by atoms with Crippen LogP contribution >= 0.6 is 0 Å².